The molecule has 2 aromatic rings. The fraction of sp³-hybridized carbons (Fsp3) is 0.450. The summed E-state index contributed by atoms with van der Waals surface area (Å²) in [6.07, 6.45) is 2.32. The smallest absolute Gasteiger partial charge is 0.387 e. The lowest BCUT2D eigenvalue weighted by Gasteiger charge is -2.33. The van der Waals surface area contributed by atoms with Crippen LogP contribution in [0.3, 0.4) is 0 Å². The molecule has 1 amide bonds. The van der Waals surface area contributed by atoms with Crippen LogP contribution in [-0.2, 0) is 17.8 Å². The van der Waals surface area contributed by atoms with Gasteiger partial charge in [0.1, 0.15) is 11.5 Å². The number of hydrogen-bond donors (Lipinski definition) is 1. The van der Waals surface area contributed by atoms with Crippen molar-refractivity contribution < 1.29 is 22.7 Å². The van der Waals surface area contributed by atoms with Gasteiger partial charge in [-0.15, -0.1) is 0 Å². The Balaban J connectivity index is 1.30. The van der Waals surface area contributed by atoms with Gasteiger partial charge in [0.05, 0.1) is 19.4 Å². The normalized spacial score (nSPS) is 15.7. The van der Waals surface area contributed by atoms with Crippen LogP contribution in [-0.4, -0.2) is 61.6 Å². The van der Waals surface area contributed by atoms with Crippen LogP contribution in [0.2, 0.25) is 0 Å². The lowest BCUT2D eigenvalue weighted by molar-refractivity contribution is -0.122. The highest BCUT2D eigenvalue weighted by Crippen LogP contribution is 2.15. The van der Waals surface area contributed by atoms with Crippen LogP contribution in [0.4, 0.5) is 8.78 Å². The topological polar surface area (TPSA) is 58.0 Å². The Morgan fingerprint density at radius 3 is 2.46 bits per heavy atom. The minimum atomic E-state index is -2.82. The number of alkyl halides is 2. The molecule has 0 radical (unpaired) electrons. The first-order chi connectivity index (χ1) is 13.6. The monoisotopic (exact) mass is 393 g/mol. The number of amides is 1. The Hall–Kier alpha value is -2.45. The fourth-order valence-corrected chi connectivity index (χ4v) is 3.17. The highest BCUT2D eigenvalue weighted by atomic mass is 19.3. The van der Waals surface area contributed by atoms with E-state index < -0.39 is 6.61 Å². The van der Waals surface area contributed by atoms with Crippen LogP contribution in [0.1, 0.15) is 11.3 Å². The first kappa shape index (κ1) is 20.3. The number of carbonyl (C=O) groups is 1. The van der Waals surface area contributed by atoms with E-state index in [1.165, 1.54) is 12.1 Å². The molecule has 1 aromatic carbocycles. The standard InChI is InChI=1S/C20H25F2N3O3/c21-20(22)28-17-5-3-16(4-6-17)7-8-23-19(26)15-25-11-9-24(10-12-25)14-18-2-1-13-27-18/h1-6,13,20H,7-12,14-15H2,(H,23,26). The summed E-state index contributed by atoms with van der Waals surface area (Å²) in [6, 6.07) is 10.3. The number of hydrogen-bond acceptors (Lipinski definition) is 5. The van der Waals surface area contributed by atoms with Gasteiger partial charge in [-0.25, -0.2) is 0 Å². The maximum Gasteiger partial charge on any atom is 0.387 e. The number of halogens is 2. The number of ether oxygens (including phenoxy) is 1. The molecule has 1 aliphatic rings. The largest absolute Gasteiger partial charge is 0.468 e. The van der Waals surface area contributed by atoms with Gasteiger partial charge in [-0.2, -0.15) is 8.78 Å². The molecular formula is C20H25F2N3O3. The number of nitrogens with zero attached hydrogens (tertiary/aromatic N) is 2. The zero-order valence-electron chi connectivity index (χ0n) is 15.7. The summed E-state index contributed by atoms with van der Waals surface area (Å²) in [5.74, 6) is 1.09. The summed E-state index contributed by atoms with van der Waals surface area (Å²) in [7, 11) is 0. The van der Waals surface area contributed by atoms with Gasteiger partial charge in [-0.1, -0.05) is 12.1 Å². The molecule has 3 rings (SSSR count). The van der Waals surface area contributed by atoms with E-state index in [0.29, 0.717) is 19.5 Å². The molecule has 0 atom stereocenters. The van der Waals surface area contributed by atoms with E-state index in [-0.39, 0.29) is 11.7 Å². The van der Waals surface area contributed by atoms with E-state index in [2.05, 4.69) is 19.9 Å². The molecule has 0 aliphatic carbocycles. The van der Waals surface area contributed by atoms with Gasteiger partial charge < -0.3 is 14.5 Å². The number of rotatable bonds is 9. The second-order valence-electron chi connectivity index (χ2n) is 6.75. The van der Waals surface area contributed by atoms with Crippen molar-refractivity contribution in [1.29, 1.82) is 0 Å². The van der Waals surface area contributed by atoms with E-state index in [4.69, 9.17) is 4.42 Å². The van der Waals surface area contributed by atoms with Crippen molar-refractivity contribution in [3.8, 4) is 5.75 Å². The van der Waals surface area contributed by atoms with Crippen LogP contribution in [0.15, 0.2) is 47.1 Å². The van der Waals surface area contributed by atoms with Crippen molar-refractivity contribution in [2.24, 2.45) is 0 Å². The molecule has 1 saturated heterocycles. The van der Waals surface area contributed by atoms with Gasteiger partial charge in [-0.3, -0.25) is 14.6 Å². The third-order valence-electron chi connectivity index (χ3n) is 4.68. The van der Waals surface area contributed by atoms with Crippen LogP contribution in [0.5, 0.6) is 5.75 Å². The van der Waals surface area contributed by atoms with Crippen molar-refractivity contribution in [1.82, 2.24) is 15.1 Å². The molecule has 1 N–H and O–H groups in total. The van der Waals surface area contributed by atoms with E-state index in [9.17, 15) is 13.6 Å². The summed E-state index contributed by atoms with van der Waals surface area (Å²) in [6.45, 7) is 2.37. The summed E-state index contributed by atoms with van der Waals surface area (Å²) < 4.78 is 33.9. The van der Waals surface area contributed by atoms with Crippen LogP contribution in [0, 0.1) is 0 Å². The van der Waals surface area contributed by atoms with Gasteiger partial charge in [0.2, 0.25) is 5.91 Å². The van der Waals surface area contributed by atoms with Crippen molar-refractivity contribution >= 4 is 5.91 Å². The maximum atomic E-state index is 12.1. The molecule has 0 spiro atoms. The SMILES string of the molecule is O=C(CN1CCN(Cc2ccco2)CC1)NCCc1ccc(OC(F)F)cc1. The number of benzene rings is 1. The summed E-state index contributed by atoms with van der Waals surface area (Å²) in [5.41, 5.74) is 0.952. The molecule has 152 valence electrons. The predicted octanol–water partition coefficient (Wildman–Crippen LogP) is 2.36. The van der Waals surface area contributed by atoms with Gasteiger partial charge >= 0.3 is 6.61 Å². The van der Waals surface area contributed by atoms with E-state index in [1.807, 2.05) is 12.1 Å². The highest BCUT2D eigenvalue weighted by molar-refractivity contribution is 5.78. The van der Waals surface area contributed by atoms with Crippen LogP contribution >= 0.6 is 0 Å². The molecule has 0 unspecified atom stereocenters. The second-order valence-corrected chi connectivity index (χ2v) is 6.75. The number of piperazine rings is 1. The highest BCUT2D eigenvalue weighted by Gasteiger charge is 2.19. The lowest BCUT2D eigenvalue weighted by Crippen LogP contribution is -2.49. The van der Waals surface area contributed by atoms with E-state index in [1.54, 1.807) is 18.4 Å². The summed E-state index contributed by atoms with van der Waals surface area (Å²) >= 11 is 0. The number of furan rings is 1. The molecule has 0 bridgehead atoms. The number of nitrogens with one attached hydrogen (secondary N) is 1. The molecule has 1 aromatic heterocycles. The molecule has 6 nitrogen and oxygen atoms in total. The maximum absolute atomic E-state index is 12.1. The molecule has 28 heavy (non-hydrogen) atoms. The molecule has 0 saturated carbocycles. The zero-order chi connectivity index (χ0) is 19.8. The number of carbonyl (C=O) groups excluding carboxylic acids is 1. The van der Waals surface area contributed by atoms with E-state index >= 15 is 0 Å². The Labute approximate surface area is 163 Å². The average molecular weight is 393 g/mol. The minimum absolute atomic E-state index is 0.00265. The molecular weight excluding hydrogens is 368 g/mol. The van der Waals surface area contributed by atoms with Crippen molar-refractivity contribution in [3.63, 3.8) is 0 Å². The van der Waals surface area contributed by atoms with Crippen molar-refractivity contribution in [3.05, 3.63) is 54.0 Å². The van der Waals surface area contributed by atoms with Gasteiger partial charge in [0, 0.05) is 32.7 Å². The molecule has 8 heteroatoms. The van der Waals surface area contributed by atoms with Crippen molar-refractivity contribution in [2.45, 2.75) is 19.6 Å². The first-order valence-corrected chi connectivity index (χ1v) is 9.36. The predicted molar refractivity (Wildman–Crippen MR) is 100 cm³/mol. The Bertz CT molecular complexity index is 715. The van der Waals surface area contributed by atoms with Crippen LogP contribution in [0.25, 0.3) is 0 Å². The first-order valence-electron chi connectivity index (χ1n) is 9.36. The van der Waals surface area contributed by atoms with Gasteiger partial charge in [0.25, 0.3) is 0 Å². The Morgan fingerprint density at radius 1 is 1.11 bits per heavy atom. The third kappa shape index (κ3) is 6.61. The Morgan fingerprint density at radius 2 is 1.82 bits per heavy atom. The van der Waals surface area contributed by atoms with Crippen molar-refractivity contribution in [2.75, 3.05) is 39.3 Å². The fourth-order valence-electron chi connectivity index (χ4n) is 3.17. The average Bonchev–Trinajstić information content (AvgIpc) is 3.17. The molecule has 1 aliphatic heterocycles. The molecule has 2 heterocycles. The zero-order valence-corrected chi connectivity index (χ0v) is 15.7. The summed E-state index contributed by atoms with van der Waals surface area (Å²) in [4.78, 5) is 16.6. The minimum Gasteiger partial charge on any atom is -0.468 e. The quantitative estimate of drug-likeness (QED) is 0.709. The summed E-state index contributed by atoms with van der Waals surface area (Å²) in [5, 5.41) is 2.91. The van der Waals surface area contributed by atoms with E-state index in [0.717, 1.165) is 44.0 Å². The van der Waals surface area contributed by atoms with Gasteiger partial charge in [0.15, 0.2) is 0 Å². The third-order valence-corrected chi connectivity index (χ3v) is 4.68. The molecule has 1 fully saturated rings. The lowest BCUT2D eigenvalue weighted by atomic mass is 10.1. The van der Waals surface area contributed by atoms with Crippen LogP contribution < -0.4 is 10.1 Å². The van der Waals surface area contributed by atoms with Gasteiger partial charge in [-0.05, 0) is 36.2 Å². The second kappa shape index (κ2) is 10.2. The Kier molecular flexibility index (Phi) is 7.39.